The molecule has 2 aliphatic heterocycles. The summed E-state index contributed by atoms with van der Waals surface area (Å²) in [5.74, 6) is -0.180. The maximum atomic E-state index is 12.7. The van der Waals surface area contributed by atoms with Crippen molar-refractivity contribution >= 4 is 17.7 Å². The summed E-state index contributed by atoms with van der Waals surface area (Å²) in [7, 11) is 1.47. The van der Waals surface area contributed by atoms with Crippen LogP contribution in [-0.2, 0) is 9.53 Å². The Bertz CT molecular complexity index is 802. The van der Waals surface area contributed by atoms with E-state index in [1.807, 2.05) is 37.3 Å². The summed E-state index contributed by atoms with van der Waals surface area (Å²) in [6.45, 7) is 2.57. The number of hydrogen-bond donors (Lipinski definition) is 0. The zero-order chi connectivity index (χ0) is 16.7. The molecular formula is C20H20N2O2. The van der Waals surface area contributed by atoms with E-state index in [1.54, 1.807) is 0 Å². The van der Waals surface area contributed by atoms with Gasteiger partial charge in [-0.25, -0.2) is 0 Å². The third-order valence-electron chi connectivity index (χ3n) is 5.03. The Morgan fingerprint density at radius 2 is 1.83 bits per heavy atom. The van der Waals surface area contributed by atoms with Gasteiger partial charge in [0.15, 0.2) is 0 Å². The van der Waals surface area contributed by atoms with E-state index in [1.165, 1.54) is 7.11 Å². The molecule has 2 atom stereocenters. The average Bonchev–Trinajstić information content (AvgIpc) is 2.96. The van der Waals surface area contributed by atoms with Crippen LogP contribution in [0, 0.1) is 5.41 Å². The lowest BCUT2D eigenvalue weighted by atomic mass is 9.77. The van der Waals surface area contributed by atoms with Crippen molar-refractivity contribution in [3.63, 3.8) is 0 Å². The molecule has 122 valence electrons. The molecule has 0 spiro atoms. The zero-order valence-electron chi connectivity index (χ0n) is 13.8. The molecule has 4 heteroatoms. The molecule has 2 aromatic rings. The van der Waals surface area contributed by atoms with Gasteiger partial charge in [0.25, 0.3) is 0 Å². The molecule has 2 heterocycles. The maximum absolute atomic E-state index is 12.7. The third kappa shape index (κ3) is 2.03. The second kappa shape index (κ2) is 5.41. The Morgan fingerprint density at radius 3 is 2.58 bits per heavy atom. The predicted octanol–water partition coefficient (Wildman–Crippen LogP) is 3.63. The van der Waals surface area contributed by atoms with Gasteiger partial charge in [-0.2, -0.15) is 0 Å². The average molecular weight is 320 g/mol. The van der Waals surface area contributed by atoms with Crippen LogP contribution in [0.5, 0.6) is 0 Å². The van der Waals surface area contributed by atoms with E-state index < -0.39 is 5.41 Å². The molecule has 1 saturated heterocycles. The minimum atomic E-state index is -0.647. The van der Waals surface area contributed by atoms with Crippen molar-refractivity contribution in [1.29, 1.82) is 0 Å². The number of methoxy groups -OCH3 is 1. The van der Waals surface area contributed by atoms with Crippen LogP contribution in [-0.4, -0.2) is 24.6 Å². The Labute approximate surface area is 141 Å². The lowest BCUT2D eigenvalue weighted by Gasteiger charge is -2.37. The molecule has 1 unspecified atom stereocenters. The number of nitrogens with zero attached hydrogens (tertiary/aromatic N) is 2. The number of carbonyl (C=O) groups excluding carboxylic acids is 1. The van der Waals surface area contributed by atoms with Crippen LogP contribution in [0.3, 0.4) is 0 Å². The fraction of sp³-hybridized carbons (Fsp3) is 0.250. The van der Waals surface area contributed by atoms with Crippen molar-refractivity contribution in [2.45, 2.75) is 13.0 Å². The van der Waals surface area contributed by atoms with E-state index in [4.69, 9.17) is 4.74 Å². The smallest absolute Gasteiger partial charge is 0.315 e. The molecule has 0 amide bonds. The van der Waals surface area contributed by atoms with Gasteiger partial charge in [0, 0.05) is 6.20 Å². The molecule has 2 aromatic carbocycles. The Kier molecular flexibility index (Phi) is 3.34. The fourth-order valence-corrected chi connectivity index (χ4v) is 3.87. The van der Waals surface area contributed by atoms with E-state index in [9.17, 15) is 4.79 Å². The zero-order valence-corrected chi connectivity index (χ0v) is 13.8. The van der Waals surface area contributed by atoms with Gasteiger partial charge >= 0.3 is 5.97 Å². The monoisotopic (exact) mass is 320 g/mol. The van der Waals surface area contributed by atoms with Crippen LogP contribution < -0.4 is 5.01 Å². The van der Waals surface area contributed by atoms with Gasteiger partial charge in [-0.1, -0.05) is 42.5 Å². The second-order valence-electron chi connectivity index (χ2n) is 6.53. The fourth-order valence-electron chi connectivity index (χ4n) is 3.87. The quantitative estimate of drug-likeness (QED) is 0.791. The van der Waals surface area contributed by atoms with Crippen LogP contribution in [0.25, 0.3) is 6.08 Å². The summed E-state index contributed by atoms with van der Waals surface area (Å²) in [5, 5.41) is 4.32. The summed E-state index contributed by atoms with van der Waals surface area (Å²) in [4.78, 5) is 12.7. The number of hydrazine groups is 1. The van der Waals surface area contributed by atoms with E-state index >= 15 is 0 Å². The highest BCUT2D eigenvalue weighted by Crippen LogP contribution is 2.51. The van der Waals surface area contributed by atoms with Crippen molar-refractivity contribution in [2.24, 2.45) is 5.41 Å². The first kappa shape index (κ1) is 14.8. The van der Waals surface area contributed by atoms with E-state index in [-0.39, 0.29) is 12.0 Å². The number of ether oxygens (including phenoxy) is 1. The Hall–Kier alpha value is -2.75. The molecule has 2 aliphatic rings. The second-order valence-corrected chi connectivity index (χ2v) is 6.53. The van der Waals surface area contributed by atoms with Crippen LogP contribution >= 0.6 is 0 Å². The third-order valence-corrected chi connectivity index (χ3v) is 5.03. The van der Waals surface area contributed by atoms with Crippen molar-refractivity contribution in [3.8, 4) is 0 Å². The normalized spacial score (nSPS) is 24.5. The van der Waals surface area contributed by atoms with Crippen molar-refractivity contribution in [1.82, 2.24) is 5.01 Å². The van der Waals surface area contributed by atoms with Gasteiger partial charge < -0.3 is 4.74 Å². The molecule has 24 heavy (non-hydrogen) atoms. The first-order valence-electron chi connectivity index (χ1n) is 8.11. The first-order valence-corrected chi connectivity index (χ1v) is 8.11. The highest BCUT2D eigenvalue weighted by atomic mass is 16.5. The number of fused-ring (bicyclic) bond motifs is 3. The number of carbonyl (C=O) groups is 1. The molecule has 1 fully saturated rings. The number of anilines is 1. The molecular weight excluding hydrogens is 300 g/mol. The number of para-hydroxylation sites is 1. The predicted molar refractivity (Wildman–Crippen MR) is 94.0 cm³/mol. The topological polar surface area (TPSA) is 32.8 Å². The summed E-state index contributed by atoms with van der Waals surface area (Å²) >= 11 is 0. The minimum Gasteiger partial charge on any atom is -0.468 e. The van der Waals surface area contributed by atoms with Crippen LogP contribution in [0.15, 0.2) is 60.8 Å². The summed E-state index contributed by atoms with van der Waals surface area (Å²) in [6.07, 6.45) is 4.17. The summed E-state index contributed by atoms with van der Waals surface area (Å²) < 4.78 is 5.17. The van der Waals surface area contributed by atoms with Crippen LogP contribution in [0.2, 0.25) is 0 Å². The Morgan fingerprint density at radius 1 is 1.12 bits per heavy atom. The standard InChI is InChI=1S/C20H20N2O2/c1-20(19(23)24-2)14-22(16-9-4-3-5-10-16)21-13-12-15-8-6-7-11-17(15)18(20)21/h3-13,18H,14H2,1-2H3/t18?,20-/m0/s1. The Balaban J connectivity index is 1.86. The number of rotatable bonds is 2. The number of benzene rings is 2. The largest absolute Gasteiger partial charge is 0.468 e. The molecule has 4 nitrogen and oxygen atoms in total. The summed E-state index contributed by atoms with van der Waals surface area (Å²) in [6, 6.07) is 18.3. The number of hydrogen-bond acceptors (Lipinski definition) is 4. The van der Waals surface area contributed by atoms with E-state index in [0.717, 1.165) is 16.8 Å². The molecule has 4 rings (SSSR count). The van der Waals surface area contributed by atoms with Gasteiger partial charge in [0.2, 0.25) is 0 Å². The summed E-state index contributed by atoms with van der Waals surface area (Å²) in [5.41, 5.74) is 2.74. The highest BCUT2D eigenvalue weighted by Gasteiger charge is 2.55. The van der Waals surface area contributed by atoms with Gasteiger partial charge in [-0.05, 0) is 36.3 Å². The SMILES string of the molecule is COC(=O)[C@@]1(C)CN(c2ccccc2)N2C=Cc3ccccc3C21. The van der Waals surface area contributed by atoms with Crippen LogP contribution in [0.4, 0.5) is 5.69 Å². The molecule has 0 aromatic heterocycles. The van der Waals surface area contributed by atoms with Gasteiger partial charge in [0.1, 0.15) is 5.41 Å². The highest BCUT2D eigenvalue weighted by molar-refractivity contribution is 5.81. The maximum Gasteiger partial charge on any atom is 0.315 e. The molecule has 0 radical (unpaired) electrons. The van der Waals surface area contributed by atoms with Crippen molar-refractivity contribution < 1.29 is 9.53 Å². The van der Waals surface area contributed by atoms with E-state index in [0.29, 0.717) is 6.54 Å². The lowest BCUT2D eigenvalue weighted by molar-refractivity contribution is -0.152. The van der Waals surface area contributed by atoms with Gasteiger partial charge in [-0.15, -0.1) is 0 Å². The van der Waals surface area contributed by atoms with Crippen molar-refractivity contribution in [2.75, 3.05) is 18.7 Å². The molecule has 0 bridgehead atoms. The lowest BCUT2D eigenvalue weighted by Crippen LogP contribution is -2.38. The van der Waals surface area contributed by atoms with Gasteiger partial charge in [0.05, 0.1) is 25.4 Å². The number of esters is 1. The molecule has 0 N–H and O–H groups in total. The van der Waals surface area contributed by atoms with Gasteiger partial charge in [-0.3, -0.25) is 14.8 Å². The minimum absolute atomic E-state index is 0.0774. The first-order chi connectivity index (χ1) is 11.6. The van der Waals surface area contributed by atoms with Crippen molar-refractivity contribution in [3.05, 3.63) is 71.9 Å². The molecule has 0 saturated carbocycles. The molecule has 0 aliphatic carbocycles. The van der Waals surface area contributed by atoms with Crippen LogP contribution in [0.1, 0.15) is 24.1 Å². The van der Waals surface area contributed by atoms with E-state index in [2.05, 4.69) is 46.6 Å².